The lowest BCUT2D eigenvalue weighted by Crippen LogP contribution is -2.29. The summed E-state index contributed by atoms with van der Waals surface area (Å²) in [5.41, 5.74) is 0. The summed E-state index contributed by atoms with van der Waals surface area (Å²) >= 11 is -0.963. The maximum atomic E-state index is 2.38. The van der Waals surface area contributed by atoms with Crippen LogP contribution in [0.3, 0.4) is 0 Å². The molecular formula is C8H20AlB-. The van der Waals surface area contributed by atoms with Gasteiger partial charge in [0.1, 0.15) is 13.1 Å². The third-order valence-electron chi connectivity index (χ3n) is 3.46. The Bertz CT molecular complexity index is 52.1. The van der Waals surface area contributed by atoms with Crippen molar-refractivity contribution in [2.75, 3.05) is 0 Å². The molecule has 0 saturated heterocycles. The molecule has 0 aliphatic rings. The van der Waals surface area contributed by atoms with Gasteiger partial charge in [0, 0.05) is 8.41 Å². The maximum absolute atomic E-state index is 2.38. The van der Waals surface area contributed by atoms with Crippen molar-refractivity contribution in [3.05, 3.63) is 0 Å². The van der Waals surface area contributed by atoms with Gasteiger partial charge in [-0.05, 0) is 0 Å². The Kier molecular flexibility index (Phi) is 8.34. The molecule has 0 amide bonds. The van der Waals surface area contributed by atoms with Gasteiger partial charge in [0.2, 0.25) is 0 Å². The van der Waals surface area contributed by atoms with Gasteiger partial charge < -0.3 is 0 Å². The van der Waals surface area contributed by atoms with Crippen molar-refractivity contribution in [3.63, 3.8) is 0 Å². The Morgan fingerprint density at radius 2 is 0.900 bits per heavy atom. The molecule has 0 aromatic rings. The van der Waals surface area contributed by atoms with Crippen LogP contribution in [0, 0.1) is 0 Å². The van der Waals surface area contributed by atoms with E-state index in [0.29, 0.717) is 0 Å². The van der Waals surface area contributed by atoms with Crippen molar-refractivity contribution >= 4 is 21.5 Å². The molecule has 0 nitrogen and oxygen atoms in total. The summed E-state index contributed by atoms with van der Waals surface area (Å²) in [5.74, 6) is 0. The molecule has 0 unspecified atom stereocenters. The van der Waals surface area contributed by atoms with Gasteiger partial charge >= 0.3 is 0 Å². The minimum atomic E-state index is -0.963. The highest BCUT2D eigenvalue weighted by Gasteiger charge is 2.19. The van der Waals surface area contributed by atoms with E-state index in [1.54, 1.807) is 0 Å². The van der Waals surface area contributed by atoms with Crippen LogP contribution in [-0.2, 0) is 0 Å². The van der Waals surface area contributed by atoms with Gasteiger partial charge in [0.15, 0.2) is 0 Å². The summed E-state index contributed by atoms with van der Waals surface area (Å²) in [4.78, 5) is 0. The van der Waals surface area contributed by atoms with E-state index in [1.807, 2.05) is 0 Å². The summed E-state index contributed by atoms with van der Waals surface area (Å²) in [6, 6.07) is 0. The van der Waals surface area contributed by atoms with Crippen molar-refractivity contribution in [2.45, 2.75) is 48.8 Å². The molecule has 0 aliphatic heterocycles. The first kappa shape index (κ1) is 13.2. The highest BCUT2D eigenvalue weighted by atomic mass is 27.2. The molecular weight excluding hydrogens is 134 g/mol. The maximum Gasteiger partial charge on any atom is 0.133 e. The van der Waals surface area contributed by atoms with Crippen LogP contribution in [0.5, 0.6) is 0 Å². The van der Waals surface area contributed by atoms with Crippen molar-refractivity contribution in [1.29, 1.82) is 0 Å². The van der Waals surface area contributed by atoms with Gasteiger partial charge in [-0.15, -0.1) is 27.7 Å². The first-order valence-corrected chi connectivity index (χ1v) is 7.73. The van der Waals surface area contributed by atoms with Gasteiger partial charge in [-0.3, -0.25) is 0 Å². The second-order valence-electron chi connectivity index (χ2n) is 3.37. The average molecular weight is 154 g/mol. The van der Waals surface area contributed by atoms with Gasteiger partial charge in [0.05, 0.1) is 0 Å². The van der Waals surface area contributed by atoms with Crippen LogP contribution in [0.4, 0.5) is 0 Å². The topological polar surface area (TPSA) is 0 Å². The molecule has 0 atom stereocenters. The summed E-state index contributed by atoms with van der Waals surface area (Å²) in [5, 5.41) is 6.04. The fraction of sp³-hybridized carbons (Fsp3) is 1.00. The monoisotopic (exact) mass is 154 g/mol. The van der Waals surface area contributed by atoms with Crippen LogP contribution in [0.25, 0.3) is 0 Å². The zero-order chi connectivity index (χ0) is 7.33. The Hall–Kier alpha value is 0.597. The zero-order valence-electron chi connectivity index (χ0n) is 7.98. The molecule has 0 rings (SSSR count). The highest BCUT2D eigenvalue weighted by molar-refractivity contribution is 6.79. The minimum absolute atomic E-state index is 0. The molecule has 10 heavy (non-hydrogen) atoms. The lowest BCUT2D eigenvalue weighted by Gasteiger charge is -2.30. The molecule has 0 heterocycles. The van der Waals surface area contributed by atoms with E-state index in [0.717, 1.165) is 0 Å². The van der Waals surface area contributed by atoms with Crippen molar-refractivity contribution in [1.82, 2.24) is 0 Å². The van der Waals surface area contributed by atoms with Crippen LogP contribution < -0.4 is 0 Å². The van der Waals surface area contributed by atoms with Crippen LogP contribution in [0.15, 0.2) is 0 Å². The summed E-state index contributed by atoms with van der Waals surface area (Å²) in [6.45, 7) is 9.50. The largest absolute Gasteiger partial charge is 0.194 e. The molecule has 2 heteroatoms. The van der Waals surface area contributed by atoms with E-state index in [2.05, 4.69) is 27.7 Å². The third kappa shape index (κ3) is 3.13. The first-order chi connectivity index (χ1) is 4.24. The lowest BCUT2D eigenvalue weighted by molar-refractivity contribution is 1.11. The molecule has 0 aromatic carbocycles. The standard InChI is InChI=1S/4C2H5.Al.B/c4*1-2;;/h4*1H2,2H3;;/q;;;;-1;. The van der Waals surface area contributed by atoms with Gasteiger partial charge in [-0.25, -0.2) is 0 Å². The molecule has 59 valence electrons. The molecule has 0 bridgehead atoms. The Morgan fingerprint density at radius 3 is 0.900 bits per heavy atom. The summed E-state index contributed by atoms with van der Waals surface area (Å²) in [6.07, 6.45) is 0. The fourth-order valence-electron chi connectivity index (χ4n) is 1.73. The van der Waals surface area contributed by atoms with Gasteiger partial charge in [-0.1, -0.05) is 0 Å². The first-order valence-electron chi connectivity index (χ1n) is 4.46. The molecule has 0 spiro atoms. The van der Waals surface area contributed by atoms with E-state index >= 15 is 0 Å². The van der Waals surface area contributed by atoms with E-state index in [-0.39, 0.29) is 8.41 Å². The van der Waals surface area contributed by atoms with Crippen molar-refractivity contribution in [3.8, 4) is 0 Å². The average Bonchev–Trinajstić information content (AvgIpc) is 1.95. The highest BCUT2D eigenvalue weighted by Crippen LogP contribution is 2.23. The Morgan fingerprint density at radius 1 is 0.700 bits per heavy atom. The smallest absolute Gasteiger partial charge is 0.133 e. The molecule has 0 fully saturated rings. The second kappa shape index (κ2) is 6.32. The molecule has 0 aromatic heterocycles. The SMILES string of the molecule is C[CH2][Al-]([CH2]C)([CH2]C)[CH2]C.[B]. The molecule has 0 N–H and O–H groups in total. The zero-order valence-corrected chi connectivity index (χ0v) is 9.14. The van der Waals surface area contributed by atoms with Crippen LogP contribution in [0.1, 0.15) is 27.7 Å². The van der Waals surface area contributed by atoms with E-state index < -0.39 is 13.1 Å². The third-order valence-corrected chi connectivity index (χ3v) is 10.4. The quantitative estimate of drug-likeness (QED) is 0.545. The predicted octanol–water partition coefficient (Wildman–Crippen LogP) is 3.13. The van der Waals surface area contributed by atoms with Gasteiger partial charge in [0.25, 0.3) is 0 Å². The Balaban J connectivity index is 0. The Labute approximate surface area is 70.7 Å². The van der Waals surface area contributed by atoms with Crippen LogP contribution in [-0.4, -0.2) is 21.5 Å². The molecule has 0 aliphatic carbocycles. The fourth-order valence-corrected chi connectivity index (χ4v) is 5.20. The minimum Gasteiger partial charge on any atom is -0.194 e. The number of hydrogen-bond donors (Lipinski definition) is 0. The normalized spacial score (nSPS) is 10.8. The number of rotatable bonds is 4. The van der Waals surface area contributed by atoms with Crippen LogP contribution in [0.2, 0.25) is 21.1 Å². The lowest BCUT2D eigenvalue weighted by atomic mass is 10.8. The molecule has 3 radical (unpaired) electrons. The summed E-state index contributed by atoms with van der Waals surface area (Å²) < 4.78 is 0. The van der Waals surface area contributed by atoms with Crippen molar-refractivity contribution < 1.29 is 0 Å². The van der Waals surface area contributed by atoms with Gasteiger partial charge in [-0.2, -0.15) is 21.1 Å². The van der Waals surface area contributed by atoms with Crippen LogP contribution >= 0.6 is 0 Å². The van der Waals surface area contributed by atoms with Crippen molar-refractivity contribution in [2.24, 2.45) is 0 Å². The predicted molar refractivity (Wildman–Crippen MR) is 53.4 cm³/mol. The summed E-state index contributed by atoms with van der Waals surface area (Å²) in [7, 11) is 0. The molecule has 0 saturated carbocycles. The van der Waals surface area contributed by atoms with E-state index in [9.17, 15) is 0 Å². The van der Waals surface area contributed by atoms with E-state index in [1.165, 1.54) is 21.1 Å². The second-order valence-corrected chi connectivity index (χ2v) is 10.1. The number of hydrogen-bond acceptors (Lipinski definition) is 0. The van der Waals surface area contributed by atoms with E-state index in [4.69, 9.17) is 0 Å².